The molecule has 0 radical (unpaired) electrons. The number of benzene rings is 2. The van der Waals surface area contributed by atoms with Crippen LogP contribution in [0, 0.1) is 0 Å². The van der Waals surface area contributed by atoms with Gasteiger partial charge < -0.3 is 5.11 Å². The lowest BCUT2D eigenvalue weighted by Gasteiger charge is -2.23. The third kappa shape index (κ3) is 2.50. The second-order valence-electron chi connectivity index (χ2n) is 5.35. The zero-order valence-corrected chi connectivity index (χ0v) is 10.6. The normalized spacial score (nSPS) is 11.5. The van der Waals surface area contributed by atoms with Gasteiger partial charge in [-0.2, -0.15) is 0 Å². The number of hydrogen-bond acceptors (Lipinski definition) is 1. The van der Waals surface area contributed by atoms with Crippen LogP contribution in [0.15, 0.2) is 48.5 Å². The van der Waals surface area contributed by atoms with Crippen molar-refractivity contribution < 1.29 is 5.11 Å². The van der Waals surface area contributed by atoms with Crippen molar-refractivity contribution >= 4 is 0 Å². The van der Waals surface area contributed by atoms with Crippen LogP contribution in [0.2, 0.25) is 0 Å². The summed E-state index contributed by atoms with van der Waals surface area (Å²) in [5.74, 6) is 0.317. The van der Waals surface area contributed by atoms with Gasteiger partial charge in [-0.1, -0.05) is 57.2 Å². The minimum atomic E-state index is 0.0683. The Balaban J connectivity index is 2.64. The molecule has 0 atom stereocenters. The molecule has 0 aliphatic heterocycles. The fourth-order valence-corrected chi connectivity index (χ4v) is 2.04. The van der Waals surface area contributed by atoms with Crippen molar-refractivity contribution in [2.24, 2.45) is 0 Å². The van der Waals surface area contributed by atoms with Crippen LogP contribution in [-0.2, 0) is 5.41 Å². The number of phenolic OH excluding ortho intramolecular Hbond substituents is 1. The van der Waals surface area contributed by atoms with E-state index in [2.05, 4.69) is 32.9 Å². The molecule has 0 heterocycles. The fraction of sp³-hybridized carbons (Fsp3) is 0.250. The largest absolute Gasteiger partial charge is 0.508 e. The van der Waals surface area contributed by atoms with E-state index in [1.54, 1.807) is 6.07 Å². The molecule has 1 N–H and O–H groups in total. The van der Waals surface area contributed by atoms with Crippen molar-refractivity contribution in [1.29, 1.82) is 0 Å². The standard InChI is InChI=1S/C16H18O/c1-16(2,3)15-10-9-13(17)11-14(15)12-7-5-4-6-8-12/h4-11,17H,1-3H3. The second-order valence-corrected chi connectivity index (χ2v) is 5.35. The van der Waals surface area contributed by atoms with Gasteiger partial charge in [-0.15, -0.1) is 0 Å². The lowest BCUT2D eigenvalue weighted by molar-refractivity contribution is 0.474. The van der Waals surface area contributed by atoms with Crippen molar-refractivity contribution in [3.63, 3.8) is 0 Å². The third-order valence-electron chi connectivity index (χ3n) is 2.90. The Labute approximate surface area is 103 Å². The van der Waals surface area contributed by atoms with Gasteiger partial charge in [0.15, 0.2) is 0 Å². The first kappa shape index (κ1) is 11.7. The minimum absolute atomic E-state index is 0.0683. The number of phenols is 1. The monoisotopic (exact) mass is 226 g/mol. The molecule has 0 bridgehead atoms. The quantitative estimate of drug-likeness (QED) is 0.766. The molecule has 2 aromatic carbocycles. The Hall–Kier alpha value is -1.76. The van der Waals surface area contributed by atoms with E-state index in [-0.39, 0.29) is 5.41 Å². The van der Waals surface area contributed by atoms with Gasteiger partial charge in [0.1, 0.15) is 5.75 Å². The van der Waals surface area contributed by atoms with Crippen LogP contribution in [0.3, 0.4) is 0 Å². The lowest BCUT2D eigenvalue weighted by atomic mass is 9.82. The van der Waals surface area contributed by atoms with Crippen LogP contribution in [0.4, 0.5) is 0 Å². The Kier molecular flexibility index (Phi) is 2.93. The summed E-state index contributed by atoms with van der Waals surface area (Å²) >= 11 is 0. The van der Waals surface area contributed by atoms with Crippen LogP contribution in [0.5, 0.6) is 5.75 Å². The summed E-state index contributed by atoms with van der Waals surface area (Å²) in [4.78, 5) is 0. The molecule has 1 nitrogen and oxygen atoms in total. The van der Waals surface area contributed by atoms with E-state index in [9.17, 15) is 5.11 Å². The van der Waals surface area contributed by atoms with Gasteiger partial charge in [0.05, 0.1) is 0 Å². The molecule has 2 aromatic rings. The average molecular weight is 226 g/mol. The molecule has 0 fully saturated rings. The van der Waals surface area contributed by atoms with E-state index in [4.69, 9.17) is 0 Å². The van der Waals surface area contributed by atoms with Gasteiger partial charge in [-0.3, -0.25) is 0 Å². The summed E-state index contributed by atoms with van der Waals surface area (Å²) in [5, 5.41) is 9.66. The maximum absolute atomic E-state index is 9.66. The third-order valence-corrected chi connectivity index (χ3v) is 2.90. The molecule has 0 unspecified atom stereocenters. The van der Waals surface area contributed by atoms with Gasteiger partial charge in [-0.25, -0.2) is 0 Å². The zero-order valence-electron chi connectivity index (χ0n) is 10.6. The fourth-order valence-electron chi connectivity index (χ4n) is 2.04. The Morgan fingerprint density at radius 2 is 1.53 bits per heavy atom. The highest BCUT2D eigenvalue weighted by atomic mass is 16.3. The van der Waals surface area contributed by atoms with Gasteiger partial charge in [0.2, 0.25) is 0 Å². The van der Waals surface area contributed by atoms with Gasteiger partial charge in [0.25, 0.3) is 0 Å². The van der Waals surface area contributed by atoms with Crippen LogP contribution < -0.4 is 0 Å². The first-order valence-electron chi connectivity index (χ1n) is 5.87. The number of hydrogen-bond donors (Lipinski definition) is 1. The van der Waals surface area contributed by atoms with Crippen molar-refractivity contribution in [1.82, 2.24) is 0 Å². The SMILES string of the molecule is CC(C)(C)c1ccc(O)cc1-c1ccccc1. The summed E-state index contributed by atoms with van der Waals surface area (Å²) in [6.07, 6.45) is 0. The molecule has 0 amide bonds. The Bertz CT molecular complexity index is 507. The van der Waals surface area contributed by atoms with E-state index in [0.29, 0.717) is 5.75 Å². The predicted octanol–water partition coefficient (Wildman–Crippen LogP) is 4.36. The molecular weight excluding hydrogens is 208 g/mol. The molecule has 0 aliphatic carbocycles. The van der Waals surface area contributed by atoms with E-state index < -0.39 is 0 Å². The molecule has 1 heteroatoms. The zero-order chi connectivity index (χ0) is 12.5. The molecule has 0 spiro atoms. The molecule has 88 valence electrons. The minimum Gasteiger partial charge on any atom is -0.508 e. The summed E-state index contributed by atoms with van der Waals surface area (Å²) in [6.45, 7) is 6.56. The topological polar surface area (TPSA) is 20.2 Å². The smallest absolute Gasteiger partial charge is 0.116 e. The number of rotatable bonds is 1. The van der Waals surface area contributed by atoms with Gasteiger partial charge in [-0.05, 0) is 34.2 Å². The second kappa shape index (κ2) is 4.25. The Morgan fingerprint density at radius 1 is 0.882 bits per heavy atom. The highest BCUT2D eigenvalue weighted by Crippen LogP contribution is 2.35. The maximum Gasteiger partial charge on any atom is 0.116 e. The van der Waals surface area contributed by atoms with Gasteiger partial charge in [0, 0.05) is 0 Å². The average Bonchev–Trinajstić information content (AvgIpc) is 2.28. The maximum atomic E-state index is 9.66. The lowest BCUT2D eigenvalue weighted by Crippen LogP contribution is -2.12. The highest BCUT2D eigenvalue weighted by Gasteiger charge is 2.18. The van der Waals surface area contributed by atoms with Crippen molar-refractivity contribution in [2.45, 2.75) is 26.2 Å². The molecule has 2 rings (SSSR count). The molecule has 0 saturated heterocycles. The van der Waals surface area contributed by atoms with E-state index >= 15 is 0 Å². The van der Waals surface area contributed by atoms with E-state index in [1.165, 1.54) is 5.56 Å². The first-order valence-corrected chi connectivity index (χ1v) is 5.87. The van der Waals surface area contributed by atoms with Crippen molar-refractivity contribution in [3.8, 4) is 16.9 Å². The van der Waals surface area contributed by atoms with Crippen molar-refractivity contribution in [3.05, 3.63) is 54.1 Å². The molecule has 17 heavy (non-hydrogen) atoms. The molecule has 0 aliphatic rings. The summed E-state index contributed by atoms with van der Waals surface area (Å²) in [5.41, 5.74) is 3.58. The number of aromatic hydroxyl groups is 1. The van der Waals surface area contributed by atoms with Crippen molar-refractivity contribution in [2.75, 3.05) is 0 Å². The predicted molar refractivity (Wildman–Crippen MR) is 72.2 cm³/mol. The Morgan fingerprint density at radius 3 is 2.12 bits per heavy atom. The van der Waals surface area contributed by atoms with Crippen LogP contribution in [0.1, 0.15) is 26.3 Å². The van der Waals surface area contributed by atoms with Crippen LogP contribution in [0.25, 0.3) is 11.1 Å². The molecular formula is C16H18O. The van der Waals surface area contributed by atoms with Crippen LogP contribution in [-0.4, -0.2) is 5.11 Å². The van der Waals surface area contributed by atoms with Gasteiger partial charge >= 0.3 is 0 Å². The molecule has 0 aromatic heterocycles. The van der Waals surface area contributed by atoms with Crippen LogP contribution >= 0.6 is 0 Å². The first-order chi connectivity index (χ1) is 7.98. The summed E-state index contributed by atoms with van der Waals surface area (Å²) in [6, 6.07) is 15.8. The highest BCUT2D eigenvalue weighted by molar-refractivity contribution is 5.70. The summed E-state index contributed by atoms with van der Waals surface area (Å²) < 4.78 is 0. The van der Waals surface area contributed by atoms with E-state index in [1.807, 2.05) is 30.3 Å². The van der Waals surface area contributed by atoms with E-state index in [0.717, 1.165) is 11.1 Å². The molecule has 0 saturated carbocycles. The summed E-state index contributed by atoms with van der Waals surface area (Å²) in [7, 11) is 0.